The van der Waals surface area contributed by atoms with Crippen molar-refractivity contribution in [2.24, 2.45) is 0 Å². The summed E-state index contributed by atoms with van der Waals surface area (Å²) in [5.41, 5.74) is 0. The number of thioether (sulfide) groups is 1. The summed E-state index contributed by atoms with van der Waals surface area (Å²) in [5, 5.41) is 3.31. The number of amides is 1. The van der Waals surface area contributed by atoms with E-state index in [4.69, 9.17) is 0 Å². The summed E-state index contributed by atoms with van der Waals surface area (Å²) in [5.74, 6) is 1.33. The van der Waals surface area contributed by atoms with Crippen molar-refractivity contribution in [2.75, 3.05) is 25.1 Å². The molecular formula is C11H22N2OS. The Kier molecular flexibility index (Phi) is 5.47. The Hall–Kier alpha value is -0.220. The molecule has 0 aromatic rings. The van der Waals surface area contributed by atoms with E-state index >= 15 is 0 Å². The molecule has 88 valence electrons. The quantitative estimate of drug-likeness (QED) is 0.747. The largest absolute Gasteiger partial charge is 0.338 e. The minimum Gasteiger partial charge on any atom is -0.338 e. The molecule has 0 spiro atoms. The zero-order valence-corrected chi connectivity index (χ0v) is 10.8. The summed E-state index contributed by atoms with van der Waals surface area (Å²) in [6.07, 6.45) is 4.14. The van der Waals surface area contributed by atoms with Gasteiger partial charge in [0, 0.05) is 18.3 Å². The molecule has 1 amide bonds. The maximum atomic E-state index is 12.0. The molecule has 0 bridgehead atoms. The molecule has 1 fully saturated rings. The zero-order chi connectivity index (χ0) is 11.3. The van der Waals surface area contributed by atoms with Crippen LogP contribution in [0, 0.1) is 0 Å². The Morgan fingerprint density at radius 2 is 2.40 bits per heavy atom. The summed E-state index contributed by atoms with van der Waals surface area (Å²) in [6, 6.07) is 0.454. The number of rotatable bonds is 6. The maximum Gasteiger partial charge on any atom is 0.240 e. The Bertz CT molecular complexity index is 211. The van der Waals surface area contributed by atoms with Crippen LogP contribution in [0.5, 0.6) is 0 Å². The molecule has 2 atom stereocenters. The fourth-order valence-electron chi connectivity index (χ4n) is 1.98. The van der Waals surface area contributed by atoms with Crippen LogP contribution in [0.3, 0.4) is 0 Å². The van der Waals surface area contributed by atoms with Crippen LogP contribution in [0.25, 0.3) is 0 Å². The highest BCUT2D eigenvalue weighted by molar-refractivity contribution is 7.98. The first kappa shape index (κ1) is 12.8. The second-order valence-corrected chi connectivity index (χ2v) is 5.04. The van der Waals surface area contributed by atoms with E-state index in [-0.39, 0.29) is 6.04 Å². The zero-order valence-electron chi connectivity index (χ0n) is 9.95. The van der Waals surface area contributed by atoms with Crippen molar-refractivity contribution in [3.05, 3.63) is 0 Å². The standard InChI is InChI=1S/C11H22N2OS/c1-4-6-12-10-5-7-13(11(10)14)9(2)8-15-3/h9-10,12H,4-8H2,1-3H3. The number of nitrogens with one attached hydrogen (secondary N) is 1. The topological polar surface area (TPSA) is 32.3 Å². The van der Waals surface area contributed by atoms with Crippen molar-refractivity contribution >= 4 is 17.7 Å². The summed E-state index contributed by atoms with van der Waals surface area (Å²) >= 11 is 1.80. The van der Waals surface area contributed by atoms with E-state index in [1.165, 1.54) is 0 Å². The second kappa shape index (κ2) is 6.38. The minimum atomic E-state index is 0.0780. The number of hydrogen-bond acceptors (Lipinski definition) is 3. The minimum absolute atomic E-state index is 0.0780. The molecule has 1 aliphatic rings. The molecule has 1 heterocycles. The fourth-order valence-corrected chi connectivity index (χ4v) is 2.64. The maximum absolute atomic E-state index is 12.0. The highest BCUT2D eigenvalue weighted by Gasteiger charge is 2.33. The van der Waals surface area contributed by atoms with Crippen LogP contribution < -0.4 is 5.32 Å². The number of likely N-dealkylation sites (tertiary alicyclic amines) is 1. The van der Waals surface area contributed by atoms with Gasteiger partial charge in [-0.05, 0) is 32.6 Å². The van der Waals surface area contributed by atoms with Crippen LogP contribution in [0.15, 0.2) is 0 Å². The van der Waals surface area contributed by atoms with Crippen molar-refractivity contribution in [2.45, 2.75) is 38.8 Å². The lowest BCUT2D eigenvalue weighted by Crippen LogP contribution is -2.42. The molecule has 1 aliphatic heterocycles. The molecule has 0 aromatic carbocycles. The normalized spacial score (nSPS) is 23.5. The van der Waals surface area contributed by atoms with Crippen molar-refractivity contribution in [1.82, 2.24) is 10.2 Å². The number of carbonyl (C=O) groups is 1. The van der Waals surface area contributed by atoms with E-state index in [1.54, 1.807) is 11.8 Å². The third kappa shape index (κ3) is 3.38. The van der Waals surface area contributed by atoms with Crippen LogP contribution in [0.4, 0.5) is 0 Å². The molecule has 3 nitrogen and oxygen atoms in total. The van der Waals surface area contributed by atoms with Gasteiger partial charge in [0.05, 0.1) is 6.04 Å². The van der Waals surface area contributed by atoms with E-state index in [9.17, 15) is 4.79 Å². The van der Waals surface area contributed by atoms with Crippen LogP contribution in [-0.4, -0.2) is 48.0 Å². The van der Waals surface area contributed by atoms with E-state index in [0.29, 0.717) is 11.9 Å². The molecule has 1 rings (SSSR count). The SMILES string of the molecule is CCCNC1CCN(C(C)CSC)C1=O. The van der Waals surface area contributed by atoms with Gasteiger partial charge in [-0.15, -0.1) is 0 Å². The Labute approximate surface area is 97.0 Å². The van der Waals surface area contributed by atoms with Gasteiger partial charge in [-0.2, -0.15) is 11.8 Å². The number of carbonyl (C=O) groups excluding carboxylic acids is 1. The Balaban J connectivity index is 2.41. The van der Waals surface area contributed by atoms with Gasteiger partial charge in [0.25, 0.3) is 0 Å². The van der Waals surface area contributed by atoms with Crippen LogP contribution in [0.2, 0.25) is 0 Å². The molecule has 1 saturated heterocycles. The van der Waals surface area contributed by atoms with E-state index in [1.807, 2.05) is 4.90 Å². The molecule has 1 N–H and O–H groups in total. The summed E-state index contributed by atoms with van der Waals surface area (Å²) in [4.78, 5) is 14.0. The predicted molar refractivity (Wildman–Crippen MR) is 66.3 cm³/mol. The lowest BCUT2D eigenvalue weighted by Gasteiger charge is -2.24. The van der Waals surface area contributed by atoms with Gasteiger partial charge in [0.15, 0.2) is 0 Å². The van der Waals surface area contributed by atoms with E-state index < -0.39 is 0 Å². The van der Waals surface area contributed by atoms with Gasteiger partial charge in [0.1, 0.15) is 0 Å². The molecule has 4 heteroatoms. The highest BCUT2D eigenvalue weighted by atomic mass is 32.2. The summed E-state index contributed by atoms with van der Waals surface area (Å²) in [6.45, 7) is 6.13. The van der Waals surface area contributed by atoms with Crippen molar-refractivity contribution < 1.29 is 4.79 Å². The molecule has 0 saturated carbocycles. The van der Waals surface area contributed by atoms with Gasteiger partial charge < -0.3 is 10.2 Å². The van der Waals surface area contributed by atoms with E-state index in [2.05, 4.69) is 25.4 Å². The molecule has 2 unspecified atom stereocenters. The lowest BCUT2D eigenvalue weighted by molar-refractivity contribution is -0.130. The van der Waals surface area contributed by atoms with Gasteiger partial charge >= 0.3 is 0 Å². The Morgan fingerprint density at radius 1 is 1.67 bits per heavy atom. The molecule has 15 heavy (non-hydrogen) atoms. The van der Waals surface area contributed by atoms with Crippen LogP contribution >= 0.6 is 11.8 Å². The number of nitrogens with zero attached hydrogens (tertiary/aromatic N) is 1. The average Bonchev–Trinajstić information content (AvgIpc) is 2.57. The van der Waals surface area contributed by atoms with Gasteiger partial charge in [-0.1, -0.05) is 6.92 Å². The van der Waals surface area contributed by atoms with Crippen molar-refractivity contribution in [1.29, 1.82) is 0 Å². The van der Waals surface area contributed by atoms with Crippen LogP contribution in [0.1, 0.15) is 26.7 Å². The lowest BCUT2D eigenvalue weighted by atomic mass is 10.2. The summed E-state index contributed by atoms with van der Waals surface area (Å²) < 4.78 is 0. The first-order valence-electron chi connectivity index (χ1n) is 5.73. The third-order valence-corrected chi connectivity index (χ3v) is 3.64. The Morgan fingerprint density at radius 3 is 3.00 bits per heavy atom. The highest BCUT2D eigenvalue weighted by Crippen LogP contribution is 2.16. The second-order valence-electron chi connectivity index (χ2n) is 4.13. The third-order valence-electron chi connectivity index (χ3n) is 2.82. The monoisotopic (exact) mass is 230 g/mol. The smallest absolute Gasteiger partial charge is 0.240 e. The fraction of sp³-hybridized carbons (Fsp3) is 0.909. The van der Waals surface area contributed by atoms with Gasteiger partial charge in [-0.25, -0.2) is 0 Å². The molecule has 0 radical (unpaired) electrons. The first-order valence-corrected chi connectivity index (χ1v) is 7.12. The molecular weight excluding hydrogens is 208 g/mol. The summed E-state index contributed by atoms with van der Waals surface area (Å²) in [7, 11) is 0. The molecule has 0 aliphatic carbocycles. The van der Waals surface area contributed by atoms with Crippen molar-refractivity contribution in [3.63, 3.8) is 0 Å². The molecule has 0 aromatic heterocycles. The van der Waals surface area contributed by atoms with Crippen molar-refractivity contribution in [3.8, 4) is 0 Å². The predicted octanol–water partition coefficient (Wildman–Crippen LogP) is 1.34. The van der Waals surface area contributed by atoms with Gasteiger partial charge in [-0.3, -0.25) is 4.79 Å². The van der Waals surface area contributed by atoms with E-state index in [0.717, 1.165) is 31.7 Å². The van der Waals surface area contributed by atoms with Gasteiger partial charge in [0.2, 0.25) is 5.91 Å². The average molecular weight is 230 g/mol. The van der Waals surface area contributed by atoms with Crippen LogP contribution in [-0.2, 0) is 4.79 Å². The first-order chi connectivity index (χ1) is 7.20. The number of hydrogen-bond donors (Lipinski definition) is 1.